The number of nitrogens with zero attached hydrogens (tertiary/aromatic N) is 3. The molecule has 0 aliphatic rings. The Morgan fingerprint density at radius 1 is 1.35 bits per heavy atom. The summed E-state index contributed by atoms with van der Waals surface area (Å²) in [5.74, 6) is 0. The molecule has 0 radical (unpaired) electrons. The second kappa shape index (κ2) is 4.61. The number of aromatic amines is 2. The first-order valence-electron chi connectivity index (χ1n) is 5.94. The minimum absolute atomic E-state index is 0.249. The number of halogens is 1. The summed E-state index contributed by atoms with van der Waals surface area (Å²) in [5, 5.41) is 8.54. The van der Waals surface area contributed by atoms with E-state index in [1.807, 2.05) is 11.5 Å². The topological polar surface area (TPSA) is 96.4 Å². The molecule has 0 saturated heterocycles. The van der Waals surface area contributed by atoms with Crippen molar-refractivity contribution in [1.82, 2.24) is 24.7 Å². The van der Waals surface area contributed by atoms with Gasteiger partial charge in [0.05, 0.1) is 16.1 Å². The van der Waals surface area contributed by atoms with E-state index in [1.54, 1.807) is 12.3 Å². The molecule has 3 aromatic rings. The standard InChI is InChI=1S/C12H10ClN5O2/c1-2-18-5-7(13)10-9(18)3-8(16-17-10)6-4-14-12(20)15-11(6)19/h3-5H,2H2,1H3,(H2,14,15,19,20). The fourth-order valence-corrected chi connectivity index (χ4v) is 2.28. The summed E-state index contributed by atoms with van der Waals surface area (Å²) in [5.41, 5.74) is 0.917. The summed E-state index contributed by atoms with van der Waals surface area (Å²) in [6, 6.07) is 1.72. The molecule has 3 aromatic heterocycles. The fraction of sp³-hybridized carbons (Fsp3) is 0.167. The number of H-pyrrole nitrogens is 2. The van der Waals surface area contributed by atoms with Crippen LogP contribution < -0.4 is 11.2 Å². The molecule has 3 heterocycles. The van der Waals surface area contributed by atoms with Gasteiger partial charge in [-0.25, -0.2) is 4.79 Å². The van der Waals surface area contributed by atoms with Crippen LogP contribution in [0.15, 0.2) is 28.0 Å². The second-order valence-electron chi connectivity index (χ2n) is 4.21. The smallest absolute Gasteiger partial charge is 0.325 e. The van der Waals surface area contributed by atoms with Crippen molar-refractivity contribution in [3.8, 4) is 11.3 Å². The van der Waals surface area contributed by atoms with Crippen LogP contribution in [0.4, 0.5) is 0 Å². The molecule has 0 aliphatic heterocycles. The molecule has 0 fully saturated rings. The van der Waals surface area contributed by atoms with Crippen molar-refractivity contribution in [2.24, 2.45) is 0 Å². The molecule has 0 amide bonds. The zero-order valence-electron chi connectivity index (χ0n) is 10.5. The molecule has 20 heavy (non-hydrogen) atoms. The summed E-state index contributed by atoms with van der Waals surface area (Å²) in [4.78, 5) is 27.3. The van der Waals surface area contributed by atoms with E-state index >= 15 is 0 Å². The Kier molecular flexibility index (Phi) is 2.90. The van der Waals surface area contributed by atoms with E-state index < -0.39 is 11.2 Å². The van der Waals surface area contributed by atoms with Gasteiger partial charge < -0.3 is 9.55 Å². The van der Waals surface area contributed by atoms with E-state index in [0.29, 0.717) is 16.2 Å². The molecular formula is C12H10ClN5O2. The van der Waals surface area contributed by atoms with Crippen LogP contribution in [0.2, 0.25) is 5.02 Å². The van der Waals surface area contributed by atoms with Crippen molar-refractivity contribution >= 4 is 22.6 Å². The summed E-state index contributed by atoms with van der Waals surface area (Å²) < 4.78 is 1.91. The van der Waals surface area contributed by atoms with Gasteiger partial charge in [-0.3, -0.25) is 9.78 Å². The predicted molar refractivity (Wildman–Crippen MR) is 74.9 cm³/mol. The van der Waals surface area contributed by atoms with Gasteiger partial charge in [-0.15, -0.1) is 10.2 Å². The Morgan fingerprint density at radius 3 is 2.85 bits per heavy atom. The van der Waals surface area contributed by atoms with Crippen molar-refractivity contribution in [3.05, 3.63) is 44.3 Å². The molecule has 2 N–H and O–H groups in total. The third-order valence-electron chi connectivity index (χ3n) is 3.01. The van der Waals surface area contributed by atoms with Gasteiger partial charge >= 0.3 is 5.69 Å². The Morgan fingerprint density at radius 2 is 2.15 bits per heavy atom. The summed E-state index contributed by atoms with van der Waals surface area (Å²) >= 11 is 6.07. The molecule has 0 aliphatic carbocycles. The molecule has 3 rings (SSSR count). The summed E-state index contributed by atoms with van der Waals surface area (Å²) in [6.07, 6.45) is 3.08. The van der Waals surface area contributed by atoms with Gasteiger partial charge in [-0.1, -0.05) is 11.6 Å². The van der Waals surface area contributed by atoms with Gasteiger partial charge in [-0.05, 0) is 13.0 Å². The quantitative estimate of drug-likeness (QED) is 0.740. The van der Waals surface area contributed by atoms with Crippen LogP contribution in [0.1, 0.15) is 6.92 Å². The first-order chi connectivity index (χ1) is 9.60. The maximum absolute atomic E-state index is 11.8. The summed E-state index contributed by atoms with van der Waals surface area (Å²) in [6.45, 7) is 2.69. The molecule has 0 saturated carbocycles. The third-order valence-corrected chi connectivity index (χ3v) is 3.29. The maximum Gasteiger partial charge on any atom is 0.325 e. The average Bonchev–Trinajstić information content (AvgIpc) is 2.75. The van der Waals surface area contributed by atoms with Gasteiger partial charge in [0.15, 0.2) is 0 Å². The first kappa shape index (κ1) is 12.6. The predicted octanol–water partition coefficient (Wildman–Crippen LogP) is 1.15. The zero-order valence-corrected chi connectivity index (χ0v) is 11.2. The van der Waals surface area contributed by atoms with Gasteiger partial charge in [0.25, 0.3) is 5.56 Å². The van der Waals surface area contributed by atoms with Gasteiger partial charge in [0.1, 0.15) is 11.2 Å². The van der Waals surface area contributed by atoms with E-state index in [-0.39, 0.29) is 5.56 Å². The molecule has 0 aromatic carbocycles. The van der Waals surface area contributed by atoms with Gasteiger partial charge in [-0.2, -0.15) is 0 Å². The molecule has 0 atom stereocenters. The molecule has 0 unspecified atom stereocenters. The number of rotatable bonds is 2. The average molecular weight is 292 g/mol. The van der Waals surface area contributed by atoms with Crippen LogP contribution in [-0.2, 0) is 6.54 Å². The largest absolute Gasteiger partial charge is 0.345 e. The highest BCUT2D eigenvalue weighted by atomic mass is 35.5. The lowest BCUT2D eigenvalue weighted by Crippen LogP contribution is -2.22. The van der Waals surface area contributed by atoms with Crippen molar-refractivity contribution in [2.45, 2.75) is 13.5 Å². The Bertz CT molecular complexity index is 908. The van der Waals surface area contributed by atoms with E-state index in [4.69, 9.17) is 11.6 Å². The van der Waals surface area contributed by atoms with Crippen molar-refractivity contribution in [2.75, 3.05) is 0 Å². The lowest BCUT2D eigenvalue weighted by Gasteiger charge is -2.02. The number of aromatic nitrogens is 5. The van der Waals surface area contributed by atoms with Crippen LogP contribution in [0.25, 0.3) is 22.3 Å². The van der Waals surface area contributed by atoms with Gasteiger partial charge in [0.2, 0.25) is 0 Å². The lowest BCUT2D eigenvalue weighted by atomic mass is 10.2. The fourth-order valence-electron chi connectivity index (χ4n) is 2.03. The molecule has 102 valence electrons. The van der Waals surface area contributed by atoms with Crippen LogP contribution in [-0.4, -0.2) is 24.7 Å². The number of aryl methyl sites for hydroxylation is 1. The molecule has 8 heteroatoms. The number of fused-ring (bicyclic) bond motifs is 1. The number of hydrogen-bond acceptors (Lipinski definition) is 4. The lowest BCUT2D eigenvalue weighted by molar-refractivity contribution is 0.796. The third kappa shape index (κ3) is 1.92. The highest BCUT2D eigenvalue weighted by Gasteiger charge is 2.12. The van der Waals surface area contributed by atoms with E-state index in [1.165, 1.54) is 6.20 Å². The van der Waals surface area contributed by atoms with E-state index in [2.05, 4.69) is 20.2 Å². The number of hydrogen-bond donors (Lipinski definition) is 2. The van der Waals surface area contributed by atoms with Crippen LogP contribution in [0.3, 0.4) is 0 Å². The molecular weight excluding hydrogens is 282 g/mol. The Balaban J connectivity index is 2.27. The zero-order chi connectivity index (χ0) is 14.3. The van der Waals surface area contributed by atoms with Crippen molar-refractivity contribution in [1.29, 1.82) is 0 Å². The maximum atomic E-state index is 11.8. The molecule has 0 bridgehead atoms. The highest BCUT2D eigenvalue weighted by molar-refractivity contribution is 6.35. The minimum Gasteiger partial charge on any atom is -0.345 e. The van der Waals surface area contributed by atoms with Crippen LogP contribution in [0.5, 0.6) is 0 Å². The monoisotopic (exact) mass is 291 g/mol. The van der Waals surface area contributed by atoms with E-state index in [9.17, 15) is 9.59 Å². The van der Waals surface area contributed by atoms with Crippen LogP contribution >= 0.6 is 11.6 Å². The normalized spacial score (nSPS) is 11.1. The van der Waals surface area contributed by atoms with Crippen molar-refractivity contribution in [3.63, 3.8) is 0 Å². The SMILES string of the molecule is CCn1cc(Cl)c2nnc(-c3c[nH]c(=O)[nH]c3=O)cc21. The minimum atomic E-state index is -0.562. The second-order valence-corrected chi connectivity index (χ2v) is 4.62. The van der Waals surface area contributed by atoms with Crippen LogP contribution in [0, 0.1) is 0 Å². The molecule has 7 nitrogen and oxygen atoms in total. The van der Waals surface area contributed by atoms with Gasteiger partial charge in [0, 0.05) is 18.9 Å². The van der Waals surface area contributed by atoms with Crippen molar-refractivity contribution < 1.29 is 0 Å². The highest BCUT2D eigenvalue weighted by Crippen LogP contribution is 2.25. The van der Waals surface area contributed by atoms with E-state index in [0.717, 1.165) is 12.1 Å². The first-order valence-corrected chi connectivity index (χ1v) is 6.32. The molecule has 0 spiro atoms. The Hall–Kier alpha value is -2.41. The Labute approximate surface area is 117 Å². The number of nitrogens with one attached hydrogen (secondary N) is 2. The summed E-state index contributed by atoms with van der Waals surface area (Å²) in [7, 11) is 0.